The second-order valence-electron chi connectivity index (χ2n) is 5.99. The standard InChI is InChI=1S/C16H21N5O2/c17-16(23)15-11-21(19-18-15)13-6-7-20(9-13)10-14(22)8-12-4-2-1-3-5-12/h1-5,11,13-14,22H,6-10H2,(H2,17,23). The van der Waals surface area contributed by atoms with Crippen LogP contribution in [0.1, 0.15) is 28.5 Å². The first-order chi connectivity index (χ1) is 11.1. The number of aromatic nitrogens is 3. The zero-order chi connectivity index (χ0) is 16.2. The summed E-state index contributed by atoms with van der Waals surface area (Å²) in [6.45, 7) is 2.30. The maximum Gasteiger partial charge on any atom is 0.270 e. The van der Waals surface area contributed by atoms with E-state index in [1.54, 1.807) is 10.9 Å². The van der Waals surface area contributed by atoms with E-state index >= 15 is 0 Å². The van der Waals surface area contributed by atoms with Crippen molar-refractivity contribution in [2.75, 3.05) is 19.6 Å². The molecule has 23 heavy (non-hydrogen) atoms. The Balaban J connectivity index is 1.52. The highest BCUT2D eigenvalue weighted by Gasteiger charge is 2.26. The molecular weight excluding hydrogens is 294 g/mol. The Hall–Kier alpha value is -2.25. The molecule has 7 heteroatoms. The first kappa shape index (κ1) is 15.6. The molecule has 0 aliphatic carbocycles. The number of likely N-dealkylation sites (tertiary alicyclic amines) is 1. The van der Waals surface area contributed by atoms with Gasteiger partial charge < -0.3 is 10.8 Å². The van der Waals surface area contributed by atoms with E-state index in [0.717, 1.165) is 25.1 Å². The van der Waals surface area contributed by atoms with Crippen molar-refractivity contribution in [1.29, 1.82) is 0 Å². The van der Waals surface area contributed by atoms with Crippen molar-refractivity contribution in [2.45, 2.75) is 25.0 Å². The summed E-state index contributed by atoms with van der Waals surface area (Å²) in [6, 6.07) is 10.1. The number of carbonyl (C=O) groups is 1. The van der Waals surface area contributed by atoms with Gasteiger partial charge in [-0.3, -0.25) is 9.69 Å². The number of hydrogen-bond donors (Lipinski definition) is 2. The van der Waals surface area contributed by atoms with Crippen LogP contribution in [-0.2, 0) is 6.42 Å². The highest BCUT2D eigenvalue weighted by atomic mass is 16.3. The molecule has 2 atom stereocenters. The van der Waals surface area contributed by atoms with E-state index < -0.39 is 12.0 Å². The minimum Gasteiger partial charge on any atom is -0.391 e. The van der Waals surface area contributed by atoms with Gasteiger partial charge in [-0.25, -0.2) is 4.68 Å². The lowest BCUT2D eigenvalue weighted by Gasteiger charge is -2.20. The van der Waals surface area contributed by atoms with Gasteiger partial charge >= 0.3 is 0 Å². The first-order valence-electron chi connectivity index (χ1n) is 7.78. The van der Waals surface area contributed by atoms with Gasteiger partial charge in [0.05, 0.1) is 18.3 Å². The Bertz CT molecular complexity index is 658. The monoisotopic (exact) mass is 315 g/mol. The van der Waals surface area contributed by atoms with E-state index in [-0.39, 0.29) is 11.7 Å². The molecule has 122 valence electrons. The number of amides is 1. The number of carbonyl (C=O) groups excluding carboxylic acids is 1. The molecule has 0 saturated carbocycles. The summed E-state index contributed by atoms with van der Waals surface area (Å²) < 4.78 is 1.70. The molecule has 0 radical (unpaired) electrons. The normalized spacial score (nSPS) is 19.8. The molecule has 1 fully saturated rings. The molecule has 2 unspecified atom stereocenters. The molecule has 0 bridgehead atoms. The molecule has 1 aliphatic heterocycles. The fourth-order valence-corrected chi connectivity index (χ4v) is 3.01. The minimum absolute atomic E-state index is 0.166. The van der Waals surface area contributed by atoms with Crippen molar-refractivity contribution in [3.63, 3.8) is 0 Å². The predicted octanol–water partition coefficient (Wildman–Crippen LogP) is 0.227. The second-order valence-corrected chi connectivity index (χ2v) is 5.99. The number of β-amino-alcohol motifs (C(OH)–C–C–N with tert-alkyl or cyclic N) is 1. The van der Waals surface area contributed by atoms with Gasteiger partial charge in [-0.15, -0.1) is 5.10 Å². The van der Waals surface area contributed by atoms with Gasteiger partial charge in [0, 0.05) is 19.6 Å². The second kappa shape index (κ2) is 6.89. The third kappa shape index (κ3) is 3.94. The molecule has 1 aliphatic rings. The quantitative estimate of drug-likeness (QED) is 0.795. The van der Waals surface area contributed by atoms with Gasteiger partial charge in [0.25, 0.3) is 5.91 Å². The van der Waals surface area contributed by atoms with Crippen LogP contribution in [-0.4, -0.2) is 56.6 Å². The third-order valence-corrected chi connectivity index (χ3v) is 4.17. The lowest BCUT2D eigenvalue weighted by atomic mass is 10.1. The number of rotatable bonds is 6. The summed E-state index contributed by atoms with van der Waals surface area (Å²) in [6.07, 6.45) is 2.77. The Morgan fingerprint density at radius 2 is 2.17 bits per heavy atom. The van der Waals surface area contributed by atoms with Gasteiger partial charge in [0.1, 0.15) is 0 Å². The molecule has 2 heterocycles. The number of hydrogen-bond acceptors (Lipinski definition) is 5. The van der Waals surface area contributed by atoms with Crippen LogP contribution in [0.25, 0.3) is 0 Å². The summed E-state index contributed by atoms with van der Waals surface area (Å²) in [5.74, 6) is -0.565. The summed E-state index contributed by atoms with van der Waals surface area (Å²) in [5, 5.41) is 18.0. The van der Waals surface area contributed by atoms with Crippen LogP contribution in [0.15, 0.2) is 36.5 Å². The van der Waals surface area contributed by atoms with Gasteiger partial charge in [-0.05, 0) is 18.4 Å². The number of benzene rings is 1. The minimum atomic E-state index is -0.565. The molecule has 3 rings (SSSR count). The van der Waals surface area contributed by atoms with Crippen LogP contribution in [0.3, 0.4) is 0 Å². The highest BCUT2D eigenvalue weighted by molar-refractivity contribution is 5.90. The Kier molecular flexibility index (Phi) is 4.68. The summed E-state index contributed by atoms with van der Waals surface area (Å²) in [5.41, 5.74) is 6.52. The van der Waals surface area contributed by atoms with Crippen molar-refractivity contribution < 1.29 is 9.90 Å². The number of aliphatic hydroxyl groups is 1. The van der Waals surface area contributed by atoms with Crippen molar-refractivity contribution in [2.24, 2.45) is 5.73 Å². The fraction of sp³-hybridized carbons (Fsp3) is 0.438. The van der Waals surface area contributed by atoms with Crippen LogP contribution in [0.2, 0.25) is 0 Å². The summed E-state index contributed by atoms with van der Waals surface area (Å²) in [4.78, 5) is 13.3. The molecule has 1 aromatic heterocycles. The van der Waals surface area contributed by atoms with Crippen LogP contribution in [0.4, 0.5) is 0 Å². The third-order valence-electron chi connectivity index (χ3n) is 4.17. The van der Waals surface area contributed by atoms with Crippen molar-refractivity contribution in [3.8, 4) is 0 Å². The maximum absolute atomic E-state index is 11.1. The van der Waals surface area contributed by atoms with Gasteiger partial charge in [0.2, 0.25) is 0 Å². The SMILES string of the molecule is NC(=O)c1cn(C2CCN(CC(O)Cc3ccccc3)C2)nn1. The van der Waals surface area contributed by atoms with E-state index in [1.807, 2.05) is 30.3 Å². The van der Waals surface area contributed by atoms with E-state index in [4.69, 9.17) is 5.73 Å². The summed E-state index contributed by atoms with van der Waals surface area (Å²) >= 11 is 0. The topological polar surface area (TPSA) is 97.3 Å². The molecular formula is C16H21N5O2. The molecule has 1 aromatic carbocycles. The maximum atomic E-state index is 11.1. The van der Waals surface area contributed by atoms with E-state index in [1.165, 1.54) is 0 Å². The molecule has 2 aromatic rings. The molecule has 1 amide bonds. The lowest BCUT2D eigenvalue weighted by molar-refractivity contribution is 0.0995. The van der Waals surface area contributed by atoms with Crippen molar-refractivity contribution in [1.82, 2.24) is 19.9 Å². The average Bonchev–Trinajstić information content (AvgIpc) is 3.16. The zero-order valence-electron chi connectivity index (χ0n) is 12.9. The molecule has 0 spiro atoms. The molecule has 3 N–H and O–H groups in total. The Morgan fingerprint density at radius 1 is 1.39 bits per heavy atom. The van der Waals surface area contributed by atoms with Crippen LogP contribution in [0.5, 0.6) is 0 Å². The largest absolute Gasteiger partial charge is 0.391 e. The number of nitrogens with zero attached hydrogens (tertiary/aromatic N) is 4. The lowest BCUT2D eigenvalue weighted by Crippen LogP contribution is -2.32. The Morgan fingerprint density at radius 3 is 2.87 bits per heavy atom. The van der Waals surface area contributed by atoms with Crippen LogP contribution < -0.4 is 5.73 Å². The van der Waals surface area contributed by atoms with E-state index in [9.17, 15) is 9.90 Å². The van der Waals surface area contributed by atoms with Gasteiger partial charge in [-0.2, -0.15) is 0 Å². The average molecular weight is 315 g/mol. The van der Waals surface area contributed by atoms with Gasteiger partial charge in [-0.1, -0.05) is 35.5 Å². The van der Waals surface area contributed by atoms with Gasteiger partial charge in [0.15, 0.2) is 5.69 Å². The number of nitrogens with two attached hydrogens (primary N) is 1. The molecule has 1 saturated heterocycles. The van der Waals surface area contributed by atoms with Crippen LogP contribution in [0, 0.1) is 0 Å². The zero-order valence-corrected chi connectivity index (χ0v) is 12.9. The Labute approximate surface area is 134 Å². The van der Waals surface area contributed by atoms with Crippen LogP contribution >= 0.6 is 0 Å². The smallest absolute Gasteiger partial charge is 0.270 e. The number of primary amides is 1. The highest BCUT2D eigenvalue weighted by Crippen LogP contribution is 2.21. The fourth-order valence-electron chi connectivity index (χ4n) is 3.01. The van der Waals surface area contributed by atoms with Crippen molar-refractivity contribution >= 4 is 5.91 Å². The van der Waals surface area contributed by atoms with E-state index in [2.05, 4.69) is 15.2 Å². The summed E-state index contributed by atoms with van der Waals surface area (Å²) in [7, 11) is 0. The predicted molar refractivity (Wildman–Crippen MR) is 84.8 cm³/mol. The van der Waals surface area contributed by atoms with Crippen molar-refractivity contribution in [3.05, 3.63) is 47.8 Å². The molecule has 7 nitrogen and oxygen atoms in total. The first-order valence-corrected chi connectivity index (χ1v) is 7.78. The van der Waals surface area contributed by atoms with E-state index in [0.29, 0.717) is 13.0 Å². The number of aliphatic hydroxyl groups excluding tert-OH is 1.